The highest BCUT2D eigenvalue weighted by atomic mass is 127. The van der Waals surface area contributed by atoms with Gasteiger partial charge in [0.15, 0.2) is 16.7 Å². The Bertz CT molecular complexity index is 874. The van der Waals surface area contributed by atoms with Crippen molar-refractivity contribution in [3.05, 3.63) is 54.1 Å². The van der Waals surface area contributed by atoms with Crippen LogP contribution >= 0.6 is 45.2 Å². The van der Waals surface area contributed by atoms with E-state index in [0.717, 1.165) is 7.14 Å². The van der Waals surface area contributed by atoms with Gasteiger partial charge in [0, 0.05) is 3.57 Å². The van der Waals surface area contributed by atoms with Gasteiger partial charge in [-0.1, -0.05) is 12.1 Å². The number of para-hydroxylation sites is 2. The number of hydrogen-bond acceptors (Lipinski definition) is 3. The molecular weight excluding hydrogens is 472 g/mol. The number of nitrogens with one attached hydrogen (secondary N) is 1. The van der Waals surface area contributed by atoms with Crippen LogP contribution < -0.4 is 5.76 Å². The van der Waals surface area contributed by atoms with Crippen LogP contribution in [-0.4, -0.2) is 4.98 Å². The third-order valence-corrected chi connectivity index (χ3v) is 5.61. The maximum absolute atomic E-state index is 11.8. The lowest BCUT2D eigenvalue weighted by Gasteiger charge is -2.01. The van der Waals surface area contributed by atoms with Gasteiger partial charge in [0.2, 0.25) is 0 Å². The van der Waals surface area contributed by atoms with Crippen LogP contribution in [0.2, 0.25) is 0 Å². The van der Waals surface area contributed by atoms with E-state index in [-0.39, 0.29) is 0 Å². The predicted octanol–water partition coefficient (Wildman–Crippen LogP) is 4.20. The molecule has 0 unspecified atom stereocenters. The van der Waals surface area contributed by atoms with Crippen molar-refractivity contribution in [3.63, 3.8) is 0 Å². The quantitative estimate of drug-likeness (QED) is 0.493. The summed E-state index contributed by atoms with van der Waals surface area (Å²) in [5.41, 5.74) is 2.16. The van der Waals surface area contributed by atoms with Crippen LogP contribution in [0.1, 0.15) is 0 Å². The highest BCUT2D eigenvalue weighted by Crippen LogP contribution is 2.24. The lowest BCUT2D eigenvalue weighted by molar-refractivity contribution is 0.524. The fraction of sp³-hybridized carbons (Fsp3) is 0. The van der Waals surface area contributed by atoms with E-state index in [9.17, 15) is 4.79 Å². The Morgan fingerprint density at radius 2 is 1.58 bits per heavy atom. The van der Waals surface area contributed by atoms with Gasteiger partial charge in [-0.15, -0.1) is 0 Å². The minimum atomic E-state index is -0.517. The number of hydrogen-bond donors (Lipinski definition) is 1. The van der Waals surface area contributed by atoms with Gasteiger partial charge in [0.1, 0.15) is 5.52 Å². The lowest BCUT2D eigenvalue weighted by atomic mass is 10.3. The number of H-pyrrole nitrogens is 1. The molecule has 19 heavy (non-hydrogen) atoms. The number of halogens is 2. The second-order valence-electron chi connectivity index (χ2n) is 3.80. The fourth-order valence-corrected chi connectivity index (χ4v) is 2.73. The van der Waals surface area contributed by atoms with Gasteiger partial charge >= 0.3 is 5.76 Å². The van der Waals surface area contributed by atoms with E-state index in [0.29, 0.717) is 22.3 Å². The number of rotatable bonds is 0. The Morgan fingerprint density at radius 1 is 0.895 bits per heavy atom. The molecule has 0 bridgehead atoms. The molecule has 0 radical (unpaired) electrons. The van der Waals surface area contributed by atoms with E-state index in [1.807, 2.05) is 18.2 Å². The molecule has 2 aromatic carbocycles. The SMILES string of the molecule is O=c1[nH]c2c(I)c(I)ccc2oc2ccccc2o1. The van der Waals surface area contributed by atoms with E-state index in [1.54, 1.807) is 18.2 Å². The lowest BCUT2D eigenvalue weighted by Crippen LogP contribution is -2.02. The van der Waals surface area contributed by atoms with Crippen molar-refractivity contribution in [1.29, 1.82) is 0 Å². The highest BCUT2D eigenvalue weighted by molar-refractivity contribution is 14.1. The molecule has 0 aliphatic rings. The van der Waals surface area contributed by atoms with Gasteiger partial charge in [-0.3, -0.25) is 4.98 Å². The van der Waals surface area contributed by atoms with Crippen LogP contribution in [-0.2, 0) is 0 Å². The average molecular weight is 479 g/mol. The second-order valence-corrected chi connectivity index (χ2v) is 6.04. The summed E-state index contributed by atoms with van der Waals surface area (Å²) in [7, 11) is 0. The molecule has 3 rings (SSSR count). The normalized spacial score (nSPS) is 10.8. The van der Waals surface area contributed by atoms with Crippen molar-refractivity contribution in [3.8, 4) is 0 Å². The third-order valence-electron chi connectivity index (χ3n) is 2.56. The minimum Gasteiger partial charge on any atom is -0.451 e. The van der Waals surface area contributed by atoms with Gasteiger partial charge in [0.05, 0.1) is 3.57 Å². The summed E-state index contributed by atoms with van der Waals surface area (Å²) < 4.78 is 13.0. The van der Waals surface area contributed by atoms with Crippen molar-refractivity contribution in [2.24, 2.45) is 0 Å². The zero-order valence-corrected chi connectivity index (χ0v) is 13.8. The largest absolute Gasteiger partial charge is 0.451 e. The van der Waals surface area contributed by atoms with Gasteiger partial charge in [-0.25, -0.2) is 4.79 Å². The molecule has 4 nitrogen and oxygen atoms in total. The molecule has 0 amide bonds. The van der Waals surface area contributed by atoms with E-state index >= 15 is 0 Å². The number of fused-ring (bicyclic) bond motifs is 2. The topological polar surface area (TPSA) is 59.1 Å². The third kappa shape index (κ3) is 2.50. The zero-order chi connectivity index (χ0) is 13.4. The van der Waals surface area contributed by atoms with Crippen LogP contribution in [0.15, 0.2) is 50.0 Å². The first kappa shape index (κ1) is 13.0. The Kier molecular flexibility index (Phi) is 3.52. The molecule has 0 aliphatic heterocycles. The molecule has 0 aliphatic carbocycles. The van der Waals surface area contributed by atoms with Crippen LogP contribution in [0.4, 0.5) is 0 Å². The summed E-state index contributed by atoms with van der Waals surface area (Å²) in [6, 6.07) is 10.9. The standard InChI is InChI=1S/C13H7I2NO3/c14-7-5-6-10-12(11(7)15)16-13(17)19-9-4-2-1-3-8(9)18-10/h1-6H,(H,16,17). The zero-order valence-electron chi connectivity index (χ0n) is 9.44. The van der Waals surface area contributed by atoms with E-state index in [1.165, 1.54) is 0 Å². The number of benzene rings is 2. The Balaban J connectivity index is 2.60. The van der Waals surface area contributed by atoms with Crippen LogP contribution in [0.3, 0.4) is 0 Å². The van der Waals surface area contributed by atoms with Crippen molar-refractivity contribution in [2.45, 2.75) is 0 Å². The maximum atomic E-state index is 11.8. The van der Waals surface area contributed by atoms with Crippen molar-refractivity contribution in [1.82, 2.24) is 4.98 Å². The average Bonchev–Trinajstić information content (AvgIpc) is 2.38. The Morgan fingerprint density at radius 3 is 2.32 bits per heavy atom. The van der Waals surface area contributed by atoms with Gasteiger partial charge in [-0.05, 0) is 69.4 Å². The molecule has 0 fully saturated rings. The maximum Gasteiger partial charge on any atom is 0.417 e. The van der Waals surface area contributed by atoms with Crippen molar-refractivity contribution < 1.29 is 8.83 Å². The van der Waals surface area contributed by atoms with Crippen LogP contribution in [0.25, 0.3) is 22.3 Å². The van der Waals surface area contributed by atoms with E-state index in [4.69, 9.17) is 8.83 Å². The predicted molar refractivity (Wildman–Crippen MR) is 89.7 cm³/mol. The first-order valence-corrected chi connectivity index (χ1v) is 7.54. The first-order chi connectivity index (χ1) is 9.15. The van der Waals surface area contributed by atoms with Gasteiger partial charge < -0.3 is 8.83 Å². The van der Waals surface area contributed by atoms with Crippen LogP contribution in [0.5, 0.6) is 0 Å². The molecule has 6 heteroatoms. The highest BCUT2D eigenvalue weighted by Gasteiger charge is 2.05. The molecule has 0 saturated carbocycles. The second kappa shape index (κ2) is 5.16. The molecule has 96 valence electrons. The summed E-state index contributed by atoms with van der Waals surface area (Å²) in [4.78, 5) is 14.5. The number of aromatic nitrogens is 1. The van der Waals surface area contributed by atoms with Gasteiger partial charge in [0.25, 0.3) is 0 Å². The molecular formula is C13H7I2NO3. The molecule has 0 atom stereocenters. The van der Waals surface area contributed by atoms with E-state index in [2.05, 4.69) is 50.2 Å². The molecule has 1 N–H and O–H groups in total. The first-order valence-electron chi connectivity index (χ1n) is 5.39. The summed E-state index contributed by atoms with van der Waals surface area (Å²) >= 11 is 4.37. The Labute approximate surface area is 134 Å². The minimum absolute atomic E-state index is 0.402. The van der Waals surface area contributed by atoms with E-state index < -0.39 is 5.76 Å². The monoisotopic (exact) mass is 479 g/mol. The summed E-state index contributed by atoms with van der Waals surface area (Å²) in [5.74, 6) is -0.517. The molecule has 1 aromatic heterocycles. The summed E-state index contributed by atoms with van der Waals surface area (Å²) in [6.45, 7) is 0. The van der Waals surface area contributed by atoms with Gasteiger partial charge in [-0.2, -0.15) is 0 Å². The summed E-state index contributed by atoms with van der Waals surface area (Å²) in [6.07, 6.45) is 0. The Hall–Kier alpha value is -1.03. The molecule has 3 aromatic rings. The number of aromatic amines is 1. The van der Waals surface area contributed by atoms with Crippen molar-refractivity contribution >= 4 is 67.4 Å². The fourth-order valence-electron chi connectivity index (χ4n) is 1.70. The van der Waals surface area contributed by atoms with Crippen molar-refractivity contribution in [2.75, 3.05) is 0 Å². The molecule has 0 saturated heterocycles. The summed E-state index contributed by atoms with van der Waals surface area (Å²) in [5, 5.41) is 0. The smallest absolute Gasteiger partial charge is 0.417 e. The molecule has 1 heterocycles. The van der Waals surface area contributed by atoms with Crippen LogP contribution in [0, 0.1) is 7.14 Å². The molecule has 0 spiro atoms.